The molecule has 0 saturated carbocycles. The standard InChI is InChI=1S/C14H16N2O5/c1-21-9-10-5-7-15(8-6-10)13-11(14(17)18)3-2-4-12(13)16(19)20/h2-5H,6-9H2,1H3,(H,17,18). The maximum Gasteiger partial charge on any atom is 0.338 e. The fraction of sp³-hybridized carbons (Fsp3) is 0.357. The van der Waals surface area contributed by atoms with Crippen LogP contribution in [0.4, 0.5) is 11.4 Å². The predicted molar refractivity (Wildman–Crippen MR) is 76.8 cm³/mol. The number of nitro benzene ring substituents is 1. The predicted octanol–water partition coefficient (Wildman–Crippen LogP) is 2.08. The highest BCUT2D eigenvalue weighted by molar-refractivity contribution is 5.97. The van der Waals surface area contributed by atoms with Gasteiger partial charge in [0.2, 0.25) is 0 Å². The van der Waals surface area contributed by atoms with Gasteiger partial charge in [-0.05, 0) is 18.1 Å². The molecule has 0 bridgehead atoms. The Hall–Kier alpha value is -2.41. The number of para-hydroxylation sites is 1. The van der Waals surface area contributed by atoms with E-state index in [1.165, 1.54) is 18.2 Å². The Kier molecular flexibility index (Phi) is 4.54. The van der Waals surface area contributed by atoms with Crippen molar-refractivity contribution in [1.29, 1.82) is 0 Å². The fourth-order valence-electron chi connectivity index (χ4n) is 2.41. The smallest absolute Gasteiger partial charge is 0.338 e. The summed E-state index contributed by atoms with van der Waals surface area (Å²) in [6, 6.07) is 4.11. The molecule has 7 nitrogen and oxygen atoms in total. The molecule has 1 aliphatic rings. The van der Waals surface area contributed by atoms with Crippen molar-refractivity contribution in [3.8, 4) is 0 Å². The molecule has 0 fully saturated rings. The number of nitrogens with zero attached hydrogens (tertiary/aromatic N) is 2. The number of rotatable bonds is 5. The van der Waals surface area contributed by atoms with Gasteiger partial charge in [0.15, 0.2) is 0 Å². The van der Waals surface area contributed by atoms with E-state index in [1.54, 1.807) is 12.0 Å². The lowest BCUT2D eigenvalue weighted by Gasteiger charge is -2.28. The van der Waals surface area contributed by atoms with Crippen LogP contribution in [0.1, 0.15) is 16.8 Å². The van der Waals surface area contributed by atoms with Crippen molar-refractivity contribution < 1.29 is 19.6 Å². The maximum atomic E-state index is 11.3. The molecule has 112 valence electrons. The van der Waals surface area contributed by atoms with Crippen LogP contribution in [0, 0.1) is 10.1 Å². The summed E-state index contributed by atoms with van der Waals surface area (Å²) in [7, 11) is 1.61. The lowest BCUT2D eigenvalue weighted by Crippen LogP contribution is -2.31. The average molecular weight is 292 g/mol. The molecule has 1 aliphatic heterocycles. The molecule has 21 heavy (non-hydrogen) atoms. The molecule has 0 spiro atoms. The molecule has 0 aromatic heterocycles. The van der Waals surface area contributed by atoms with E-state index in [0.717, 1.165) is 5.57 Å². The van der Waals surface area contributed by atoms with Gasteiger partial charge in [0.25, 0.3) is 5.69 Å². The Labute approximate surface area is 121 Å². The molecule has 1 heterocycles. The van der Waals surface area contributed by atoms with Crippen LogP contribution in [0.5, 0.6) is 0 Å². The van der Waals surface area contributed by atoms with Gasteiger partial charge in [-0.15, -0.1) is 0 Å². The Bertz CT molecular complexity index is 565. The van der Waals surface area contributed by atoms with E-state index in [0.29, 0.717) is 26.1 Å². The molecular weight excluding hydrogens is 276 g/mol. The zero-order valence-corrected chi connectivity index (χ0v) is 11.6. The fourth-order valence-corrected chi connectivity index (χ4v) is 2.41. The molecule has 0 saturated heterocycles. The highest BCUT2D eigenvalue weighted by Gasteiger charge is 2.27. The molecule has 1 N–H and O–H groups in total. The van der Waals surface area contributed by atoms with Crippen LogP contribution in [-0.2, 0) is 4.74 Å². The van der Waals surface area contributed by atoms with Crippen LogP contribution in [0.25, 0.3) is 0 Å². The summed E-state index contributed by atoms with van der Waals surface area (Å²) < 4.78 is 5.06. The minimum absolute atomic E-state index is 0.0483. The normalized spacial score (nSPS) is 14.7. The van der Waals surface area contributed by atoms with Crippen LogP contribution in [-0.4, -0.2) is 42.8 Å². The van der Waals surface area contributed by atoms with Gasteiger partial charge in [-0.2, -0.15) is 0 Å². The first kappa shape index (κ1) is 15.0. The van der Waals surface area contributed by atoms with E-state index in [2.05, 4.69) is 0 Å². The highest BCUT2D eigenvalue weighted by Crippen LogP contribution is 2.33. The second-order valence-electron chi connectivity index (χ2n) is 4.73. The number of methoxy groups -OCH3 is 1. The Morgan fingerprint density at radius 1 is 1.52 bits per heavy atom. The van der Waals surface area contributed by atoms with Gasteiger partial charge in [0.05, 0.1) is 17.1 Å². The topological polar surface area (TPSA) is 92.9 Å². The molecule has 2 rings (SSSR count). The van der Waals surface area contributed by atoms with Crippen molar-refractivity contribution in [3.63, 3.8) is 0 Å². The minimum atomic E-state index is -1.17. The summed E-state index contributed by atoms with van der Waals surface area (Å²) >= 11 is 0. The summed E-state index contributed by atoms with van der Waals surface area (Å²) in [5, 5.41) is 20.4. The third-order valence-electron chi connectivity index (χ3n) is 3.39. The van der Waals surface area contributed by atoms with E-state index in [-0.39, 0.29) is 16.9 Å². The average Bonchev–Trinajstić information content (AvgIpc) is 2.47. The molecule has 0 aliphatic carbocycles. The van der Waals surface area contributed by atoms with Crippen molar-refractivity contribution >= 4 is 17.3 Å². The largest absolute Gasteiger partial charge is 0.478 e. The first-order valence-corrected chi connectivity index (χ1v) is 6.47. The van der Waals surface area contributed by atoms with Crippen molar-refractivity contribution in [2.75, 3.05) is 31.7 Å². The Balaban J connectivity index is 2.39. The van der Waals surface area contributed by atoms with Crippen LogP contribution in [0.3, 0.4) is 0 Å². The Morgan fingerprint density at radius 2 is 2.29 bits per heavy atom. The summed E-state index contributed by atoms with van der Waals surface area (Å²) in [5.41, 5.74) is 1.05. The number of anilines is 1. The molecule has 0 amide bonds. The van der Waals surface area contributed by atoms with Gasteiger partial charge in [-0.25, -0.2) is 4.79 Å². The van der Waals surface area contributed by atoms with Crippen molar-refractivity contribution in [1.82, 2.24) is 0 Å². The highest BCUT2D eigenvalue weighted by atomic mass is 16.6. The van der Waals surface area contributed by atoms with Crippen molar-refractivity contribution in [2.45, 2.75) is 6.42 Å². The van der Waals surface area contributed by atoms with Crippen LogP contribution < -0.4 is 4.90 Å². The second kappa shape index (κ2) is 6.36. The summed E-state index contributed by atoms with van der Waals surface area (Å²) in [6.07, 6.45) is 2.62. The van der Waals surface area contributed by atoms with Gasteiger partial charge in [0.1, 0.15) is 5.69 Å². The summed E-state index contributed by atoms with van der Waals surface area (Å²) in [5.74, 6) is -1.17. The van der Waals surface area contributed by atoms with Gasteiger partial charge < -0.3 is 14.7 Å². The van der Waals surface area contributed by atoms with Crippen LogP contribution in [0.15, 0.2) is 29.8 Å². The van der Waals surface area contributed by atoms with Gasteiger partial charge >= 0.3 is 5.97 Å². The molecular formula is C14H16N2O5. The molecule has 7 heteroatoms. The third kappa shape index (κ3) is 3.19. The van der Waals surface area contributed by atoms with Crippen LogP contribution >= 0.6 is 0 Å². The number of benzene rings is 1. The molecule has 0 unspecified atom stereocenters. The van der Waals surface area contributed by atoms with Gasteiger partial charge in [-0.1, -0.05) is 12.1 Å². The SMILES string of the molecule is COCC1=CCN(c2c(C(=O)O)cccc2[N+](=O)[O-])CC1. The number of hydrogen-bond donors (Lipinski definition) is 1. The lowest BCUT2D eigenvalue weighted by molar-refractivity contribution is -0.384. The maximum absolute atomic E-state index is 11.3. The zero-order valence-electron chi connectivity index (χ0n) is 11.6. The van der Waals surface area contributed by atoms with E-state index in [1.807, 2.05) is 6.08 Å². The minimum Gasteiger partial charge on any atom is -0.478 e. The number of aromatic carboxylic acids is 1. The number of ether oxygens (including phenoxy) is 1. The zero-order chi connectivity index (χ0) is 15.4. The van der Waals surface area contributed by atoms with E-state index in [9.17, 15) is 20.0 Å². The van der Waals surface area contributed by atoms with Gasteiger partial charge in [0, 0.05) is 26.3 Å². The lowest BCUT2D eigenvalue weighted by atomic mass is 10.0. The first-order chi connectivity index (χ1) is 10.0. The van der Waals surface area contributed by atoms with E-state index >= 15 is 0 Å². The second-order valence-corrected chi connectivity index (χ2v) is 4.73. The monoisotopic (exact) mass is 292 g/mol. The van der Waals surface area contributed by atoms with Crippen molar-refractivity contribution in [2.24, 2.45) is 0 Å². The number of nitro groups is 1. The molecule has 1 aromatic carbocycles. The number of carboxylic acid groups (broad SMARTS) is 1. The molecule has 0 radical (unpaired) electrons. The quantitative estimate of drug-likeness (QED) is 0.507. The number of carbonyl (C=O) groups is 1. The number of hydrogen-bond acceptors (Lipinski definition) is 5. The first-order valence-electron chi connectivity index (χ1n) is 6.47. The van der Waals surface area contributed by atoms with Crippen molar-refractivity contribution in [3.05, 3.63) is 45.5 Å². The summed E-state index contributed by atoms with van der Waals surface area (Å²) in [4.78, 5) is 23.7. The Morgan fingerprint density at radius 3 is 2.81 bits per heavy atom. The molecule has 1 aromatic rings. The third-order valence-corrected chi connectivity index (χ3v) is 3.39. The van der Waals surface area contributed by atoms with E-state index < -0.39 is 10.9 Å². The molecule has 0 atom stereocenters. The summed E-state index contributed by atoms with van der Waals surface area (Å²) in [6.45, 7) is 1.49. The van der Waals surface area contributed by atoms with Crippen LogP contribution in [0.2, 0.25) is 0 Å². The van der Waals surface area contributed by atoms with Gasteiger partial charge in [-0.3, -0.25) is 10.1 Å². The number of carboxylic acids is 1. The van der Waals surface area contributed by atoms with E-state index in [4.69, 9.17) is 4.74 Å².